The summed E-state index contributed by atoms with van der Waals surface area (Å²) in [6.45, 7) is 3.45. The van der Waals surface area contributed by atoms with E-state index in [-0.39, 0.29) is 5.75 Å². The fraction of sp³-hybridized carbons (Fsp3) is 0.571. The van der Waals surface area contributed by atoms with Gasteiger partial charge in [0.25, 0.3) is 0 Å². The number of hydrogen-bond donors (Lipinski definition) is 2. The third-order valence-electron chi connectivity index (χ3n) is 2.77. The number of unbranched alkanes of at least 4 members (excludes halogenated alkanes) is 1. The van der Waals surface area contributed by atoms with Crippen molar-refractivity contribution in [2.75, 3.05) is 32.5 Å². The number of sulfonamides is 1. The summed E-state index contributed by atoms with van der Waals surface area (Å²) < 4.78 is 31.4. The van der Waals surface area contributed by atoms with Gasteiger partial charge in [-0.3, -0.25) is 0 Å². The average molecular weight is 300 g/mol. The van der Waals surface area contributed by atoms with Gasteiger partial charge < -0.3 is 10.1 Å². The van der Waals surface area contributed by atoms with Gasteiger partial charge in [-0.1, -0.05) is 12.1 Å². The molecule has 0 aliphatic carbocycles. The number of rotatable bonds is 10. The van der Waals surface area contributed by atoms with Crippen LogP contribution in [0.25, 0.3) is 0 Å². The molecule has 0 fully saturated rings. The molecule has 0 heterocycles. The van der Waals surface area contributed by atoms with Crippen molar-refractivity contribution in [2.45, 2.75) is 19.8 Å². The van der Waals surface area contributed by atoms with Crippen molar-refractivity contribution in [1.29, 1.82) is 0 Å². The van der Waals surface area contributed by atoms with E-state index in [0.717, 1.165) is 24.3 Å². The van der Waals surface area contributed by atoms with E-state index in [0.29, 0.717) is 19.6 Å². The first-order valence-corrected chi connectivity index (χ1v) is 8.50. The maximum Gasteiger partial charge on any atom is 0.211 e. The van der Waals surface area contributed by atoms with E-state index in [1.165, 1.54) is 0 Å². The maximum atomic E-state index is 11.7. The second-order valence-electron chi connectivity index (χ2n) is 4.69. The summed E-state index contributed by atoms with van der Waals surface area (Å²) in [6, 6.07) is 7.68. The molecule has 1 aromatic rings. The quantitative estimate of drug-likeness (QED) is 0.639. The molecule has 1 rings (SSSR count). The highest BCUT2D eigenvalue weighted by Gasteiger charge is 2.08. The van der Waals surface area contributed by atoms with Gasteiger partial charge in [-0.2, -0.15) is 0 Å². The average Bonchev–Trinajstić information content (AvgIpc) is 2.40. The molecule has 1 aromatic carbocycles. The van der Waals surface area contributed by atoms with Crippen LogP contribution in [0.4, 0.5) is 0 Å². The van der Waals surface area contributed by atoms with Crippen molar-refractivity contribution in [3.8, 4) is 5.75 Å². The van der Waals surface area contributed by atoms with Crippen molar-refractivity contribution >= 4 is 10.0 Å². The van der Waals surface area contributed by atoms with Crippen LogP contribution in [0.2, 0.25) is 0 Å². The third kappa shape index (κ3) is 7.47. The molecule has 20 heavy (non-hydrogen) atoms. The maximum absolute atomic E-state index is 11.7. The highest BCUT2D eigenvalue weighted by atomic mass is 32.2. The minimum Gasteiger partial charge on any atom is -0.492 e. The van der Waals surface area contributed by atoms with E-state index in [2.05, 4.69) is 10.0 Å². The zero-order valence-corrected chi connectivity index (χ0v) is 13.0. The van der Waals surface area contributed by atoms with Gasteiger partial charge in [0.2, 0.25) is 10.0 Å². The summed E-state index contributed by atoms with van der Waals surface area (Å²) in [5, 5.41) is 2.99. The predicted molar refractivity (Wildman–Crippen MR) is 81.6 cm³/mol. The number of ether oxygens (including phenoxy) is 1. The summed E-state index contributed by atoms with van der Waals surface area (Å²) in [5.74, 6) is 0.928. The molecule has 0 saturated carbocycles. The molecule has 0 saturated heterocycles. The molecule has 114 valence electrons. The van der Waals surface area contributed by atoms with Crippen molar-refractivity contribution in [3.05, 3.63) is 29.8 Å². The van der Waals surface area contributed by atoms with E-state index < -0.39 is 10.0 Å². The molecule has 0 aliphatic rings. The van der Waals surface area contributed by atoms with E-state index in [1.807, 2.05) is 38.2 Å². The van der Waals surface area contributed by atoms with Crippen LogP contribution in [0.1, 0.15) is 18.4 Å². The van der Waals surface area contributed by atoms with E-state index in [4.69, 9.17) is 4.74 Å². The molecule has 0 radical (unpaired) electrons. The molecule has 6 heteroatoms. The van der Waals surface area contributed by atoms with Crippen LogP contribution in [-0.4, -0.2) is 40.9 Å². The van der Waals surface area contributed by atoms with Gasteiger partial charge in [0.15, 0.2) is 0 Å². The Balaban J connectivity index is 2.19. The molecule has 0 bridgehead atoms. The monoisotopic (exact) mass is 300 g/mol. The van der Waals surface area contributed by atoms with Gasteiger partial charge in [-0.15, -0.1) is 0 Å². The van der Waals surface area contributed by atoms with Crippen LogP contribution in [0.5, 0.6) is 5.75 Å². The van der Waals surface area contributed by atoms with Gasteiger partial charge >= 0.3 is 0 Å². The Labute approximate surface area is 121 Å². The zero-order valence-electron chi connectivity index (χ0n) is 12.2. The van der Waals surface area contributed by atoms with Crippen LogP contribution in [0, 0.1) is 6.92 Å². The van der Waals surface area contributed by atoms with Gasteiger partial charge in [-0.05, 0) is 51.1 Å². The normalized spacial score (nSPS) is 11.5. The summed E-state index contributed by atoms with van der Waals surface area (Å²) in [6.07, 6.45) is 1.52. The first-order valence-electron chi connectivity index (χ1n) is 6.85. The number of nitrogens with one attached hydrogen (secondary N) is 2. The second kappa shape index (κ2) is 8.94. The standard InChI is InChI=1S/C14H24N2O3S/c1-13-6-5-7-14(12-13)19-10-9-16-20(17,18)11-4-3-8-15-2/h5-7,12,15-16H,3-4,8-11H2,1-2H3. The smallest absolute Gasteiger partial charge is 0.211 e. The molecule has 5 nitrogen and oxygen atoms in total. The van der Waals surface area contributed by atoms with Crippen LogP contribution in [-0.2, 0) is 10.0 Å². The molecular formula is C14H24N2O3S. The Bertz CT molecular complexity index is 489. The topological polar surface area (TPSA) is 67.4 Å². The van der Waals surface area contributed by atoms with Crippen molar-refractivity contribution in [1.82, 2.24) is 10.0 Å². The predicted octanol–water partition coefficient (Wildman–Crippen LogP) is 1.29. The van der Waals surface area contributed by atoms with Gasteiger partial charge in [-0.25, -0.2) is 13.1 Å². The van der Waals surface area contributed by atoms with Crippen LogP contribution in [0.15, 0.2) is 24.3 Å². The summed E-state index contributed by atoms with van der Waals surface area (Å²) >= 11 is 0. The summed E-state index contributed by atoms with van der Waals surface area (Å²) in [7, 11) is -1.33. The van der Waals surface area contributed by atoms with E-state index >= 15 is 0 Å². The van der Waals surface area contributed by atoms with E-state index in [1.54, 1.807) is 0 Å². The highest BCUT2D eigenvalue weighted by molar-refractivity contribution is 7.89. The molecule has 2 N–H and O–H groups in total. The Hall–Kier alpha value is -1.11. The van der Waals surface area contributed by atoms with Gasteiger partial charge in [0, 0.05) is 6.54 Å². The Morgan fingerprint density at radius 1 is 1.20 bits per heavy atom. The lowest BCUT2D eigenvalue weighted by molar-refractivity contribution is 0.322. The highest BCUT2D eigenvalue weighted by Crippen LogP contribution is 2.11. The van der Waals surface area contributed by atoms with Gasteiger partial charge in [0.05, 0.1) is 5.75 Å². The molecule has 0 spiro atoms. The number of aryl methyl sites for hydroxylation is 1. The lowest BCUT2D eigenvalue weighted by atomic mass is 10.2. The van der Waals surface area contributed by atoms with Crippen molar-refractivity contribution in [2.24, 2.45) is 0 Å². The fourth-order valence-electron chi connectivity index (χ4n) is 1.74. The Morgan fingerprint density at radius 3 is 2.70 bits per heavy atom. The molecule has 0 atom stereocenters. The first-order chi connectivity index (χ1) is 9.53. The molecular weight excluding hydrogens is 276 g/mol. The largest absolute Gasteiger partial charge is 0.492 e. The first kappa shape index (κ1) is 16.9. The SMILES string of the molecule is CNCCCCS(=O)(=O)NCCOc1cccc(C)c1. The lowest BCUT2D eigenvalue weighted by Gasteiger charge is -2.09. The molecule has 0 aromatic heterocycles. The van der Waals surface area contributed by atoms with E-state index in [9.17, 15) is 8.42 Å². The van der Waals surface area contributed by atoms with Crippen LogP contribution >= 0.6 is 0 Å². The minimum atomic E-state index is -3.18. The second-order valence-corrected chi connectivity index (χ2v) is 6.62. The Kier molecular flexibility index (Phi) is 7.58. The molecule has 0 unspecified atom stereocenters. The van der Waals surface area contributed by atoms with Crippen LogP contribution < -0.4 is 14.8 Å². The zero-order chi connectivity index (χ0) is 14.8. The molecule has 0 amide bonds. The van der Waals surface area contributed by atoms with Crippen molar-refractivity contribution in [3.63, 3.8) is 0 Å². The number of hydrogen-bond acceptors (Lipinski definition) is 4. The minimum absolute atomic E-state index is 0.166. The fourth-order valence-corrected chi connectivity index (χ4v) is 2.86. The summed E-state index contributed by atoms with van der Waals surface area (Å²) in [4.78, 5) is 0. The molecule has 0 aliphatic heterocycles. The Morgan fingerprint density at radius 2 is 2.00 bits per heavy atom. The number of benzene rings is 1. The lowest BCUT2D eigenvalue weighted by Crippen LogP contribution is -2.30. The summed E-state index contributed by atoms with van der Waals surface area (Å²) in [5.41, 5.74) is 1.12. The van der Waals surface area contributed by atoms with Gasteiger partial charge in [0.1, 0.15) is 12.4 Å². The third-order valence-corrected chi connectivity index (χ3v) is 4.24. The van der Waals surface area contributed by atoms with Crippen molar-refractivity contribution < 1.29 is 13.2 Å². The van der Waals surface area contributed by atoms with Crippen LogP contribution in [0.3, 0.4) is 0 Å².